The quantitative estimate of drug-likeness (QED) is 0.308. The van der Waals surface area contributed by atoms with Crippen LogP contribution in [0, 0.1) is 25.2 Å². The van der Waals surface area contributed by atoms with Crippen molar-refractivity contribution in [3.05, 3.63) is 77.1 Å². The Kier molecular flexibility index (Phi) is 7.72. The summed E-state index contributed by atoms with van der Waals surface area (Å²) >= 11 is 0. The molecule has 2 aromatic carbocycles. The van der Waals surface area contributed by atoms with Crippen LogP contribution >= 0.6 is 0 Å². The molecule has 0 fully saturated rings. The van der Waals surface area contributed by atoms with Crippen molar-refractivity contribution in [3.8, 4) is 23.3 Å². The molecule has 0 saturated carbocycles. The maximum atomic E-state index is 12.4. The van der Waals surface area contributed by atoms with E-state index in [2.05, 4.69) is 5.32 Å². The number of carbonyl (C=O) groups excluding carboxylic acids is 2. The number of rotatable bonds is 8. The average molecular weight is 460 g/mol. The fourth-order valence-electron chi connectivity index (χ4n) is 3.43. The highest BCUT2D eigenvalue weighted by Gasteiger charge is 2.16. The summed E-state index contributed by atoms with van der Waals surface area (Å²) in [6.45, 7) is 3.31. The SMILES string of the molecule is COc1ccc(NC(=O)COC(=O)C(C#N)=Cc2cc(C)n(-c3ccc(OC)cc3)c2C)cc1. The standard InChI is InChI=1S/C26H25N3O5/c1-17-13-19(18(2)29(17)22-7-11-24(33-4)12-8-22)14-20(15-27)26(31)34-16-25(30)28-21-5-9-23(32-3)10-6-21/h5-14H,16H2,1-4H3,(H,28,30). The number of nitrogens with one attached hydrogen (secondary N) is 1. The third-order valence-electron chi connectivity index (χ3n) is 5.15. The van der Waals surface area contributed by atoms with Crippen molar-refractivity contribution in [1.82, 2.24) is 4.57 Å². The predicted molar refractivity (Wildman–Crippen MR) is 128 cm³/mol. The first kappa shape index (κ1) is 24.1. The minimum absolute atomic E-state index is 0.202. The second-order valence-electron chi connectivity index (χ2n) is 7.38. The van der Waals surface area contributed by atoms with Crippen molar-refractivity contribution in [2.75, 3.05) is 26.1 Å². The van der Waals surface area contributed by atoms with E-state index in [4.69, 9.17) is 14.2 Å². The number of amides is 1. The van der Waals surface area contributed by atoms with E-state index >= 15 is 0 Å². The van der Waals surface area contributed by atoms with Crippen molar-refractivity contribution >= 4 is 23.6 Å². The van der Waals surface area contributed by atoms with Gasteiger partial charge in [-0.05, 0) is 80.1 Å². The van der Waals surface area contributed by atoms with Gasteiger partial charge in [0.2, 0.25) is 0 Å². The number of hydrogen-bond acceptors (Lipinski definition) is 6. The average Bonchev–Trinajstić information content (AvgIpc) is 3.13. The van der Waals surface area contributed by atoms with E-state index in [1.807, 2.05) is 54.8 Å². The minimum Gasteiger partial charge on any atom is -0.497 e. The summed E-state index contributed by atoms with van der Waals surface area (Å²) in [4.78, 5) is 24.5. The van der Waals surface area contributed by atoms with Crippen LogP contribution < -0.4 is 14.8 Å². The van der Waals surface area contributed by atoms with Gasteiger partial charge in [-0.1, -0.05) is 0 Å². The van der Waals surface area contributed by atoms with Crippen LogP contribution in [-0.2, 0) is 14.3 Å². The number of aromatic nitrogens is 1. The third kappa shape index (κ3) is 5.64. The zero-order valence-electron chi connectivity index (χ0n) is 19.4. The van der Waals surface area contributed by atoms with E-state index in [-0.39, 0.29) is 5.57 Å². The Labute approximate surface area is 198 Å². The fraction of sp³-hybridized carbons (Fsp3) is 0.192. The van der Waals surface area contributed by atoms with Crippen molar-refractivity contribution in [2.45, 2.75) is 13.8 Å². The lowest BCUT2D eigenvalue weighted by Gasteiger charge is -2.10. The van der Waals surface area contributed by atoms with E-state index in [0.29, 0.717) is 17.0 Å². The summed E-state index contributed by atoms with van der Waals surface area (Å²) in [5.74, 6) is 0.00609. The van der Waals surface area contributed by atoms with Crippen LogP contribution in [0.5, 0.6) is 11.5 Å². The number of nitriles is 1. The smallest absolute Gasteiger partial charge is 0.349 e. The first-order valence-electron chi connectivity index (χ1n) is 10.4. The maximum absolute atomic E-state index is 12.4. The van der Waals surface area contributed by atoms with Gasteiger partial charge in [-0.3, -0.25) is 4.79 Å². The molecule has 1 heterocycles. The lowest BCUT2D eigenvalue weighted by atomic mass is 10.1. The number of anilines is 1. The molecule has 1 aromatic heterocycles. The van der Waals surface area contributed by atoms with Gasteiger partial charge in [0.1, 0.15) is 23.1 Å². The Morgan fingerprint density at radius 3 is 2.15 bits per heavy atom. The third-order valence-corrected chi connectivity index (χ3v) is 5.15. The Bertz CT molecular complexity index is 1250. The number of carbonyl (C=O) groups is 2. The molecule has 0 aliphatic carbocycles. The number of nitrogens with zero attached hydrogens (tertiary/aromatic N) is 2. The van der Waals surface area contributed by atoms with E-state index in [0.717, 1.165) is 22.8 Å². The molecule has 174 valence electrons. The van der Waals surface area contributed by atoms with Gasteiger partial charge >= 0.3 is 5.97 Å². The maximum Gasteiger partial charge on any atom is 0.349 e. The van der Waals surface area contributed by atoms with Crippen molar-refractivity contribution in [3.63, 3.8) is 0 Å². The van der Waals surface area contributed by atoms with Crippen molar-refractivity contribution < 1.29 is 23.8 Å². The first-order valence-corrected chi connectivity index (χ1v) is 10.4. The fourth-order valence-corrected chi connectivity index (χ4v) is 3.43. The van der Waals surface area contributed by atoms with Crippen LogP contribution in [0.25, 0.3) is 11.8 Å². The summed E-state index contributed by atoms with van der Waals surface area (Å²) in [7, 11) is 3.15. The van der Waals surface area contributed by atoms with Crippen LogP contribution in [0.1, 0.15) is 17.0 Å². The van der Waals surface area contributed by atoms with E-state index in [1.54, 1.807) is 38.5 Å². The summed E-state index contributed by atoms with van der Waals surface area (Å²) in [5, 5.41) is 12.1. The number of benzene rings is 2. The highest BCUT2D eigenvalue weighted by Crippen LogP contribution is 2.24. The molecule has 0 saturated heterocycles. The molecule has 8 nitrogen and oxygen atoms in total. The molecule has 3 rings (SSSR count). The van der Waals surface area contributed by atoms with Gasteiger partial charge in [-0.25, -0.2) is 4.79 Å². The molecule has 0 bridgehead atoms. The van der Waals surface area contributed by atoms with Gasteiger partial charge in [0, 0.05) is 22.8 Å². The van der Waals surface area contributed by atoms with Crippen LogP contribution in [0.2, 0.25) is 0 Å². The molecule has 1 amide bonds. The summed E-state index contributed by atoms with van der Waals surface area (Å²) in [6.07, 6.45) is 1.46. The first-order chi connectivity index (χ1) is 16.4. The summed E-state index contributed by atoms with van der Waals surface area (Å²) in [5.41, 5.74) is 3.73. The zero-order valence-corrected chi connectivity index (χ0v) is 19.4. The van der Waals surface area contributed by atoms with Gasteiger partial charge in [0.05, 0.1) is 14.2 Å². The molecule has 3 aromatic rings. The number of ether oxygens (including phenoxy) is 3. The molecular weight excluding hydrogens is 434 g/mol. The molecule has 0 atom stereocenters. The predicted octanol–water partition coefficient (Wildman–Crippen LogP) is 4.20. The van der Waals surface area contributed by atoms with E-state index in [1.165, 1.54) is 6.08 Å². The normalized spacial score (nSPS) is 10.9. The summed E-state index contributed by atoms with van der Waals surface area (Å²) in [6, 6.07) is 18.0. The van der Waals surface area contributed by atoms with Gasteiger partial charge in [-0.2, -0.15) is 5.26 Å². The Hall–Kier alpha value is -4.51. The monoisotopic (exact) mass is 459 g/mol. The van der Waals surface area contributed by atoms with Gasteiger partial charge in [0.25, 0.3) is 5.91 Å². The molecule has 0 aliphatic rings. The largest absolute Gasteiger partial charge is 0.497 e. The van der Waals surface area contributed by atoms with Gasteiger partial charge < -0.3 is 24.1 Å². The van der Waals surface area contributed by atoms with Crippen LogP contribution in [0.15, 0.2) is 60.2 Å². The molecule has 8 heteroatoms. The second kappa shape index (κ2) is 10.9. The lowest BCUT2D eigenvalue weighted by molar-refractivity contribution is -0.142. The van der Waals surface area contributed by atoms with E-state index < -0.39 is 18.5 Å². The number of hydrogen-bond donors (Lipinski definition) is 1. The second-order valence-corrected chi connectivity index (χ2v) is 7.38. The van der Waals surface area contributed by atoms with Gasteiger partial charge in [0.15, 0.2) is 6.61 Å². The van der Waals surface area contributed by atoms with Crippen LogP contribution in [-0.4, -0.2) is 37.3 Å². The molecule has 0 unspecified atom stereocenters. The minimum atomic E-state index is -0.873. The van der Waals surface area contributed by atoms with Crippen LogP contribution in [0.4, 0.5) is 5.69 Å². The molecule has 0 aliphatic heterocycles. The number of aryl methyl sites for hydroxylation is 1. The van der Waals surface area contributed by atoms with Crippen molar-refractivity contribution in [2.24, 2.45) is 0 Å². The molecule has 34 heavy (non-hydrogen) atoms. The van der Waals surface area contributed by atoms with Crippen molar-refractivity contribution in [1.29, 1.82) is 5.26 Å². The Balaban J connectivity index is 1.69. The highest BCUT2D eigenvalue weighted by atomic mass is 16.5. The lowest BCUT2D eigenvalue weighted by Crippen LogP contribution is -2.21. The Morgan fingerprint density at radius 1 is 1.00 bits per heavy atom. The molecule has 0 spiro atoms. The van der Waals surface area contributed by atoms with E-state index in [9.17, 15) is 14.9 Å². The van der Waals surface area contributed by atoms with Crippen LogP contribution in [0.3, 0.4) is 0 Å². The molecule has 0 radical (unpaired) electrons. The topological polar surface area (TPSA) is 103 Å². The number of methoxy groups -OCH3 is 2. The van der Waals surface area contributed by atoms with Gasteiger partial charge in [-0.15, -0.1) is 0 Å². The number of esters is 1. The highest BCUT2D eigenvalue weighted by molar-refractivity contribution is 6.00. The Morgan fingerprint density at radius 2 is 1.59 bits per heavy atom. The summed E-state index contributed by atoms with van der Waals surface area (Å²) < 4.78 is 17.3. The molecular formula is C26H25N3O5. The molecule has 1 N–H and O–H groups in total. The zero-order chi connectivity index (χ0) is 24.7.